The van der Waals surface area contributed by atoms with Crippen LogP contribution >= 0.6 is 0 Å². The van der Waals surface area contributed by atoms with Crippen LogP contribution in [0.3, 0.4) is 0 Å². The van der Waals surface area contributed by atoms with Crippen LogP contribution in [0.4, 0.5) is 39.5 Å². The molecular formula is C14H19F9O4S2. The number of hydrogen-bond acceptors (Lipinski definition) is 4. The second-order valence-corrected chi connectivity index (χ2v) is 9.99. The fourth-order valence-electron chi connectivity index (χ4n) is 2.36. The van der Waals surface area contributed by atoms with Crippen molar-refractivity contribution in [3.8, 4) is 0 Å². The van der Waals surface area contributed by atoms with E-state index in [4.69, 9.17) is 0 Å². The molecule has 0 saturated heterocycles. The van der Waals surface area contributed by atoms with Crippen LogP contribution in [0.5, 0.6) is 0 Å². The highest BCUT2D eigenvalue weighted by Crippen LogP contribution is 2.54. The summed E-state index contributed by atoms with van der Waals surface area (Å²) in [4.78, 5) is 11.5. The predicted molar refractivity (Wildman–Crippen MR) is 86.3 cm³/mol. The van der Waals surface area contributed by atoms with Gasteiger partial charge in [-0.15, -0.1) is 0 Å². The SMILES string of the molecule is CCC[S+](C)C1CCCCC1=O.O=S(=O)([O-])C(F)(F)C(F)(F)C(F)(F)C(F)(F)F. The normalized spacial score (nSPS) is 20.7. The average molecular weight is 486 g/mol. The molecule has 0 amide bonds. The molecule has 1 saturated carbocycles. The monoisotopic (exact) mass is 486 g/mol. The molecule has 0 bridgehead atoms. The van der Waals surface area contributed by atoms with E-state index in [9.17, 15) is 57.3 Å². The van der Waals surface area contributed by atoms with Crippen molar-refractivity contribution in [1.29, 1.82) is 0 Å². The summed E-state index contributed by atoms with van der Waals surface area (Å²) in [6.45, 7) is 2.21. The van der Waals surface area contributed by atoms with E-state index in [-0.39, 0.29) is 0 Å². The highest BCUT2D eigenvalue weighted by Gasteiger charge is 2.83. The van der Waals surface area contributed by atoms with E-state index in [2.05, 4.69) is 13.2 Å². The molecule has 15 heteroatoms. The van der Waals surface area contributed by atoms with Gasteiger partial charge in [0.25, 0.3) is 0 Å². The third-order valence-corrected chi connectivity index (χ3v) is 7.35. The molecule has 174 valence electrons. The van der Waals surface area contributed by atoms with Gasteiger partial charge < -0.3 is 4.55 Å². The minimum Gasteiger partial charge on any atom is -0.743 e. The fourth-order valence-corrected chi connectivity index (χ4v) is 4.86. The molecule has 1 aliphatic carbocycles. The molecule has 1 aliphatic rings. The second-order valence-electron chi connectivity index (χ2n) is 6.21. The van der Waals surface area contributed by atoms with Crippen LogP contribution < -0.4 is 0 Å². The summed E-state index contributed by atoms with van der Waals surface area (Å²) in [5, 5.41) is -6.68. The Kier molecular flexibility index (Phi) is 9.39. The van der Waals surface area contributed by atoms with Crippen molar-refractivity contribution in [2.24, 2.45) is 0 Å². The van der Waals surface area contributed by atoms with Gasteiger partial charge >= 0.3 is 23.3 Å². The van der Waals surface area contributed by atoms with Gasteiger partial charge in [-0.2, -0.15) is 39.5 Å². The lowest BCUT2D eigenvalue weighted by Crippen LogP contribution is -2.63. The summed E-state index contributed by atoms with van der Waals surface area (Å²) in [6.07, 6.45) is 0.756. The van der Waals surface area contributed by atoms with Crippen molar-refractivity contribution >= 4 is 26.8 Å². The molecule has 0 radical (unpaired) electrons. The zero-order chi connectivity index (χ0) is 23.5. The largest absolute Gasteiger partial charge is 0.743 e. The lowest BCUT2D eigenvalue weighted by Gasteiger charge is -2.34. The Morgan fingerprint density at radius 1 is 1.00 bits per heavy atom. The first-order chi connectivity index (χ1) is 12.8. The van der Waals surface area contributed by atoms with Gasteiger partial charge in [-0.3, -0.25) is 4.79 Å². The van der Waals surface area contributed by atoms with E-state index in [0.29, 0.717) is 21.9 Å². The Labute approximate surface area is 164 Å². The number of Topliss-reactive ketones (excluding diaryl/α,β-unsaturated/α-hetero) is 1. The minimum atomic E-state index is -7.43. The van der Waals surface area contributed by atoms with E-state index < -0.39 is 33.4 Å². The highest BCUT2D eigenvalue weighted by atomic mass is 32.2. The third-order valence-electron chi connectivity index (χ3n) is 3.94. The number of halogens is 9. The summed E-state index contributed by atoms with van der Waals surface area (Å²) >= 11 is 0. The Bertz CT molecular complexity index is 662. The summed E-state index contributed by atoms with van der Waals surface area (Å²) in [5.41, 5.74) is 0. The zero-order valence-corrected chi connectivity index (χ0v) is 16.8. The Morgan fingerprint density at radius 3 is 1.83 bits per heavy atom. The van der Waals surface area contributed by atoms with Crippen molar-refractivity contribution in [3.63, 3.8) is 0 Å². The first-order valence-electron chi connectivity index (χ1n) is 8.05. The van der Waals surface area contributed by atoms with Crippen LogP contribution in [0.25, 0.3) is 0 Å². The zero-order valence-electron chi connectivity index (χ0n) is 15.2. The maximum atomic E-state index is 12.2. The highest BCUT2D eigenvalue weighted by molar-refractivity contribution is 7.97. The van der Waals surface area contributed by atoms with Crippen molar-refractivity contribution < 1.29 is 57.3 Å². The van der Waals surface area contributed by atoms with Gasteiger partial charge in [0.2, 0.25) is 0 Å². The first-order valence-corrected chi connectivity index (χ1v) is 11.3. The van der Waals surface area contributed by atoms with E-state index in [1.165, 1.54) is 25.0 Å². The number of ketones is 1. The molecule has 29 heavy (non-hydrogen) atoms. The van der Waals surface area contributed by atoms with Crippen molar-refractivity contribution in [2.45, 2.75) is 67.6 Å². The standard InChI is InChI=1S/C10H19OS.C4HF9O3S/c1-3-8-12(2)10-7-5-4-6-9(10)11;5-1(6,3(9,10)11)2(7,8)4(12,13)17(14,15)16/h10H,3-8H2,1-2H3;(H,14,15,16)/q+1;/p-1. The Hall–Kier alpha value is -0.700. The van der Waals surface area contributed by atoms with Gasteiger partial charge in [-0.25, -0.2) is 8.42 Å². The smallest absolute Gasteiger partial charge is 0.460 e. The van der Waals surface area contributed by atoms with Crippen molar-refractivity contribution in [3.05, 3.63) is 0 Å². The molecular weight excluding hydrogens is 467 g/mol. The molecule has 0 aromatic heterocycles. The summed E-state index contributed by atoms with van der Waals surface area (Å²) in [7, 11) is -7.05. The number of carbonyl (C=O) groups excluding carboxylic acids is 1. The average Bonchev–Trinajstić information content (AvgIpc) is 2.53. The number of hydrogen-bond donors (Lipinski definition) is 0. The lowest BCUT2D eigenvalue weighted by molar-refractivity contribution is -0.382. The molecule has 0 heterocycles. The van der Waals surface area contributed by atoms with Gasteiger partial charge in [0, 0.05) is 12.8 Å². The van der Waals surface area contributed by atoms with Gasteiger partial charge in [0.15, 0.2) is 21.2 Å². The Morgan fingerprint density at radius 2 is 1.48 bits per heavy atom. The van der Waals surface area contributed by atoms with Crippen LogP contribution in [0, 0.1) is 0 Å². The Balaban J connectivity index is 0.000000571. The van der Waals surface area contributed by atoms with E-state index in [0.717, 1.165) is 12.8 Å². The fraction of sp³-hybridized carbons (Fsp3) is 0.929. The molecule has 0 aliphatic heterocycles. The first kappa shape index (κ1) is 28.3. The van der Waals surface area contributed by atoms with E-state index in [1.54, 1.807) is 0 Å². The summed E-state index contributed by atoms with van der Waals surface area (Å²) in [6, 6.07) is 0. The third kappa shape index (κ3) is 6.15. The topological polar surface area (TPSA) is 74.3 Å². The summed E-state index contributed by atoms with van der Waals surface area (Å²) < 4.78 is 135. The molecule has 1 rings (SSSR count). The van der Waals surface area contributed by atoms with Gasteiger partial charge in [-0.05, 0) is 30.2 Å². The van der Waals surface area contributed by atoms with Gasteiger partial charge in [0.05, 0.1) is 6.26 Å². The molecule has 0 N–H and O–H groups in total. The van der Waals surface area contributed by atoms with Gasteiger partial charge in [0.1, 0.15) is 5.75 Å². The van der Waals surface area contributed by atoms with Crippen LogP contribution in [-0.4, -0.2) is 59.3 Å². The van der Waals surface area contributed by atoms with Crippen LogP contribution in [0.2, 0.25) is 0 Å². The van der Waals surface area contributed by atoms with Crippen LogP contribution in [-0.2, 0) is 25.8 Å². The van der Waals surface area contributed by atoms with E-state index in [1.807, 2.05) is 0 Å². The van der Waals surface area contributed by atoms with E-state index >= 15 is 0 Å². The molecule has 0 aromatic rings. The molecule has 2 atom stereocenters. The molecule has 0 aromatic carbocycles. The maximum absolute atomic E-state index is 12.2. The number of alkyl halides is 9. The lowest BCUT2D eigenvalue weighted by atomic mass is 9.99. The second kappa shape index (κ2) is 9.62. The van der Waals surface area contributed by atoms with Gasteiger partial charge in [-0.1, -0.05) is 6.92 Å². The molecule has 2 unspecified atom stereocenters. The van der Waals surface area contributed by atoms with Crippen molar-refractivity contribution in [1.82, 2.24) is 0 Å². The predicted octanol–water partition coefficient (Wildman–Crippen LogP) is 4.11. The maximum Gasteiger partial charge on any atom is 0.460 e. The van der Waals surface area contributed by atoms with Crippen molar-refractivity contribution in [2.75, 3.05) is 12.0 Å². The summed E-state index contributed by atoms with van der Waals surface area (Å²) in [5.74, 6) is -13.0. The molecule has 4 nitrogen and oxygen atoms in total. The number of rotatable bonds is 6. The van der Waals surface area contributed by atoms with Crippen LogP contribution in [0.1, 0.15) is 39.0 Å². The molecule has 1 fully saturated rings. The quantitative estimate of drug-likeness (QED) is 0.322. The number of carbonyl (C=O) groups is 1. The van der Waals surface area contributed by atoms with Crippen LogP contribution in [0.15, 0.2) is 0 Å². The molecule has 0 spiro atoms. The minimum absolute atomic E-state index is 0.364.